The van der Waals surface area contributed by atoms with Gasteiger partial charge in [-0.15, -0.1) is 11.8 Å². The topological polar surface area (TPSA) is 93.1 Å². The molecule has 174 valence electrons. The normalized spacial score (nSPS) is 37.2. The zero-order valence-electron chi connectivity index (χ0n) is 18.9. The molecule has 0 aromatic carbocycles. The molecule has 0 bridgehead atoms. The number of aliphatic hydroxyl groups is 1. The number of hydrogen-bond donors (Lipinski definition) is 3. The number of aliphatic carboxylic acids is 1. The third-order valence-corrected chi connectivity index (χ3v) is 9.35. The maximum Gasteiger partial charge on any atom is 0.353 e. The molecule has 3 N–H and O–H groups in total. The Kier molecular flexibility index (Phi) is 7.01. The Hall–Kier alpha value is -1.09. The second-order valence-corrected chi connectivity index (χ2v) is 11.3. The third kappa shape index (κ3) is 4.41. The van der Waals surface area contributed by atoms with Gasteiger partial charge in [-0.1, -0.05) is 6.92 Å². The number of carboxylic acids is 1. The van der Waals surface area contributed by atoms with Crippen molar-refractivity contribution in [1.29, 1.82) is 0 Å². The lowest BCUT2D eigenvalue weighted by molar-refractivity contribution is -0.163. The first-order valence-corrected chi connectivity index (χ1v) is 12.7. The van der Waals surface area contributed by atoms with Gasteiger partial charge in [0.2, 0.25) is 5.91 Å². The van der Waals surface area contributed by atoms with Crippen LogP contribution in [0.4, 0.5) is 0 Å². The second-order valence-electron chi connectivity index (χ2n) is 10.0. The Bertz CT molecular complexity index is 734. The summed E-state index contributed by atoms with van der Waals surface area (Å²) in [6.07, 6.45) is 5.57. The molecule has 1 saturated carbocycles. The molecule has 31 heavy (non-hydrogen) atoms. The molecule has 3 fully saturated rings. The largest absolute Gasteiger partial charge is 0.477 e. The zero-order chi connectivity index (χ0) is 22.3. The number of β-lactam (4-membered cyclic amide) rings is 1. The van der Waals surface area contributed by atoms with E-state index in [-0.39, 0.29) is 23.6 Å². The number of aliphatic hydroxyl groups excluding tert-OH is 1. The lowest BCUT2D eigenvalue weighted by Crippen LogP contribution is -2.63. The van der Waals surface area contributed by atoms with Gasteiger partial charge in [0.25, 0.3) is 0 Å². The first kappa shape index (κ1) is 23.1. The maximum absolute atomic E-state index is 12.5. The molecule has 4 aliphatic rings. The molecule has 2 saturated heterocycles. The predicted octanol–water partition coefficient (Wildman–Crippen LogP) is 1.97. The number of rotatable bonds is 8. The average molecular weight is 452 g/mol. The Balaban J connectivity index is 1.34. The minimum atomic E-state index is -1.03. The highest BCUT2D eigenvalue weighted by Gasteiger charge is 2.60. The predicted molar refractivity (Wildman–Crippen MR) is 121 cm³/mol. The van der Waals surface area contributed by atoms with Crippen LogP contribution < -0.4 is 5.32 Å². The summed E-state index contributed by atoms with van der Waals surface area (Å²) < 4.78 is 0. The second kappa shape index (κ2) is 9.41. The van der Waals surface area contributed by atoms with Crippen molar-refractivity contribution < 1.29 is 19.8 Å². The fraction of sp³-hybridized carbons (Fsp3) is 0.826. The molecule has 4 rings (SSSR count). The fourth-order valence-electron chi connectivity index (χ4n) is 6.19. The molecule has 5 atom stereocenters. The molecule has 0 unspecified atom stereocenters. The summed E-state index contributed by atoms with van der Waals surface area (Å²) in [5.74, 6) is -0.191. The van der Waals surface area contributed by atoms with Crippen LogP contribution in [0.5, 0.6) is 0 Å². The van der Waals surface area contributed by atoms with E-state index in [1.165, 1.54) is 30.6 Å². The van der Waals surface area contributed by atoms with Crippen molar-refractivity contribution in [2.75, 3.05) is 33.2 Å². The van der Waals surface area contributed by atoms with Crippen LogP contribution in [0.2, 0.25) is 0 Å². The standard InChI is InChI=1S/C23H37N3O4S/c1-13-19-18(14(2)27)22(28)26(19)20(23(29)30)21(13)31-17-8-9-25(12-17)11-16-6-4-15(5-7-16)10-24-3/h13-19,24,27H,4-12H2,1-3H3,(H,29,30)/t13-,14-,15-,16-,17-,18-,19-/m1/s1. The molecule has 1 aliphatic carbocycles. The van der Waals surface area contributed by atoms with Crippen LogP contribution in [0, 0.1) is 23.7 Å². The average Bonchev–Trinajstić information content (AvgIpc) is 3.25. The van der Waals surface area contributed by atoms with Crippen molar-refractivity contribution in [1.82, 2.24) is 15.1 Å². The maximum atomic E-state index is 12.5. The minimum Gasteiger partial charge on any atom is -0.477 e. The molecular weight excluding hydrogens is 414 g/mol. The summed E-state index contributed by atoms with van der Waals surface area (Å²) >= 11 is 1.67. The molecule has 1 amide bonds. The van der Waals surface area contributed by atoms with Gasteiger partial charge in [0.1, 0.15) is 5.70 Å². The molecule has 0 spiro atoms. The summed E-state index contributed by atoms with van der Waals surface area (Å²) in [6, 6.07) is -0.216. The fourth-order valence-corrected chi connectivity index (χ4v) is 7.71. The number of hydrogen-bond acceptors (Lipinski definition) is 6. The van der Waals surface area contributed by atoms with Crippen LogP contribution in [0.1, 0.15) is 46.0 Å². The van der Waals surface area contributed by atoms with Crippen LogP contribution in [0.3, 0.4) is 0 Å². The van der Waals surface area contributed by atoms with Gasteiger partial charge in [0, 0.05) is 29.2 Å². The van der Waals surface area contributed by atoms with Gasteiger partial charge in [-0.25, -0.2) is 4.79 Å². The molecule has 7 nitrogen and oxygen atoms in total. The smallest absolute Gasteiger partial charge is 0.353 e. The third-order valence-electron chi connectivity index (χ3n) is 7.81. The number of fused-ring (bicyclic) bond motifs is 1. The van der Waals surface area contributed by atoms with Crippen molar-refractivity contribution >= 4 is 23.6 Å². The van der Waals surface area contributed by atoms with Crippen LogP contribution >= 0.6 is 11.8 Å². The highest BCUT2D eigenvalue weighted by Crippen LogP contribution is 2.52. The van der Waals surface area contributed by atoms with E-state index in [2.05, 4.69) is 10.2 Å². The Morgan fingerprint density at radius 2 is 1.90 bits per heavy atom. The number of carbonyl (C=O) groups excluding carboxylic acids is 1. The van der Waals surface area contributed by atoms with Gasteiger partial charge in [-0.2, -0.15) is 0 Å². The Labute approximate surface area is 189 Å². The van der Waals surface area contributed by atoms with E-state index in [1.807, 2.05) is 14.0 Å². The van der Waals surface area contributed by atoms with Crippen LogP contribution in [-0.4, -0.2) is 82.5 Å². The quantitative estimate of drug-likeness (QED) is 0.486. The van der Waals surface area contributed by atoms with Crippen LogP contribution in [-0.2, 0) is 9.59 Å². The van der Waals surface area contributed by atoms with Gasteiger partial charge in [0.15, 0.2) is 0 Å². The Morgan fingerprint density at radius 3 is 2.52 bits per heavy atom. The lowest BCUT2D eigenvalue weighted by Gasteiger charge is -2.46. The number of amides is 1. The van der Waals surface area contributed by atoms with E-state index in [4.69, 9.17) is 0 Å². The van der Waals surface area contributed by atoms with E-state index >= 15 is 0 Å². The summed E-state index contributed by atoms with van der Waals surface area (Å²) in [5, 5.41) is 23.5. The summed E-state index contributed by atoms with van der Waals surface area (Å²) in [7, 11) is 2.04. The van der Waals surface area contributed by atoms with Crippen LogP contribution in [0.15, 0.2) is 10.6 Å². The summed E-state index contributed by atoms with van der Waals surface area (Å²) in [6.45, 7) is 7.97. The van der Waals surface area contributed by atoms with Crippen molar-refractivity contribution in [2.45, 2.75) is 63.3 Å². The number of nitrogens with zero attached hydrogens (tertiary/aromatic N) is 2. The zero-order valence-corrected chi connectivity index (χ0v) is 19.7. The SMILES string of the molecule is CNC[C@H]1CC[C@H](CN2CC[C@@H](SC3=C(C(=O)O)N4C(=O)[C@H]([C@@H](C)O)[C@H]4[C@H]3C)C2)CC1. The molecule has 8 heteroatoms. The van der Waals surface area contributed by atoms with Gasteiger partial charge in [-0.05, 0) is 71.0 Å². The number of thioether (sulfide) groups is 1. The van der Waals surface area contributed by atoms with Gasteiger partial charge in [0.05, 0.1) is 18.1 Å². The van der Waals surface area contributed by atoms with E-state index in [1.54, 1.807) is 18.7 Å². The molecule has 3 heterocycles. The number of likely N-dealkylation sites (tertiary alicyclic amines) is 1. The number of carbonyl (C=O) groups is 2. The summed E-state index contributed by atoms with van der Waals surface area (Å²) in [4.78, 5) is 29.3. The lowest BCUT2D eigenvalue weighted by atomic mass is 9.79. The molecule has 3 aliphatic heterocycles. The van der Waals surface area contributed by atoms with Crippen molar-refractivity contribution in [3.8, 4) is 0 Å². The van der Waals surface area contributed by atoms with E-state index in [0.29, 0.717) is 5.25 Å². The number of nitrogens with one attached hydrogen (secondary N) is 1. The first-order chi connectivity index (χ1) is 14.8. The summed E-state index contributed by atoms with van der Waals surface area (Å²) in [5.41, 5.74) is 0.158. The van der Waals surface area contributed by atoms with Crippen molar-refractivity contribution in [3.05, 3.63) is 10.6 Å². The van der Waals surface area contributed by atoms with Gasteiger partial charge < -0.3 is 25.3 Å². The molecule has 0 aromatic rings. The molecule has 0 radical (unpaired) electrons. The van der Waals surface area contributed by atoms with Gasteiger partial charge in [-0.3, -0.25) is 4.79 Å². The van der Waals surface area contributed by atoms with E-state index < -0.39 is 18.0 Å². The monoisotopic (exact) mass is 451 g/mol. The van der Waals surface area contributed by atoms with Gasteiger partial charge >= 0.3 is 5.97 Å². The minimum absolute atomic E-state index is 0.0371. The molecule has 0 aromatic heterocycles. The van der Waals surface area contributed by atoms with E-state index in [0.717, 1.165) is 49.3 Å². The first-order valence-electron chi connectivity index (χ1n) is 11.8. The van der Waals surface area contributed by atoms with Crippen molar-refractivity contribution in [3.63, 3.8) is 0 Å². The van der Waals surface area contributed by atoms with E-state index in [9.17, 15) is 19.8 Å². The Morgan fingerprint density at radius 1 is 1.23 bits per heavy atom. The number of carboxylic acid groups (broad SMARTS) is 1. The highest BCUT2D eigenvalue weighted by atomic mass is 32.2. The van der Waals surface area contributed by atoms with Crippen molar-refractivity contribution in [2.24, 2.45) is 23.7 Å². The van der Waals surface area contributed by atoms with Crippen LogP contribution in [0.25, 0.3) is 0 Å². The molecular formula is C23H37N3O4S. The highest BCUT2D eigenvalue weighted by molar-refractivity contribution is 8.03.